The normalized spacial score (nSPS) is 20.2. The van der Waals surface area contributed by atoms with Gasteiger partial charge in [0.15, 0.2) is 0 Å². The fraction of sp³-hybridized carbons (Fsp3) is 0.545. The molecule has 4 heterocycles. The van der Waals surface area contributed by atoms with Crippen LogP contribution >= 0.6 is 11.6 Å². The first-order valence-corrected chi connectivity index (χ1v) is 11.2. The third-order valence-electron chi connectivity index (χ3n) is 5.68. The smallest absolute Gasteiger partial charge is 0.145 e. The first kappa shape index (κ1) is 22.1. The Morgan fingerprint density at radius 2 is 2.06 bits per heavy atom. The maximum Gasteiger partial charge on any atom is 0.145 e. The maximum absolute atomic E-state index is 12.7. The minimum atomic E-state index is -0.166. The molecule has 166 valence electrons. The molecular weight excluding hydrogens is 418 g/mol. The summed E-state index contributed by atoms with van der Waals surface area (Å²) in [5, 5.41) is 7.09. The van der Waals surface area contributed by atoms with E-state index in [1.807, 2.05) is 6.07 Å². The van der Waals surface area contributed by atoms with E-state index in [-0.39, 0.29) is 18.1 Å². The second kappa shape index (κ2) is 10.9. The minimum Gasteiger partial charge on any atom is -0.381 e. The van der Waals surface area contributed by atoms with Crippen molar-refractivity contribution >= 4 is 23.2 Å². The van der Waals surface area contributed by atoms with E-state index >= 15 is 0 Å². The number of ketones is 1. The number of hydrogen-bond donors (Lipinski definition) is 2. The monoisotopic (exact) mass is 445 g/mol. The van der Waals surface area contributed by atoms with Crippen molar-refractivity contribution in [1.82, 2.24) is 20.3 Å². The summed E-state index contributed by atoms with van der Waals surface area (Å²) in [6.07, 6.45) is 7.29. The molecule has 2 aliphatic heterocycles. The second-order valence-corrected chi connectivity index (χ2v) is 8.41. The number of ether oxygens (including phenoxy) is 2. The van der Waals surface area contributed by atoms with Crippen molar-refractivity contribution in [3.63, 3.8) is 0 Å². The summed E-state index contributed by atoms with van der Waals surface area (Å²) in [6.45, 7) is 4.94. The number of pyridine rings is 1. The molecule has 0 amide bonds. The van der Waals surface area contributed by atoms with Gasteiger partial charge in [0, 0.05) is 56.7 Å². The van der Waals surface area contributed by atoms with Crippen molar-refractivity contribution in [2.45, 2.75) is 19.3 Å². The Hall–Kier alpha value is -2.13. The maximum atomic E-state index is 12.7. The van der Waals surface area contributed by atoms with Gasteiger partial charge in [-0.25, -0.2) is 4.98 Å². The Morgan fingerprint density at radius 3 is 2.94 bits per heavy atom. The molecule has 0 radical (unpaired) electrons. The van der Waals surface area contributed by atoms with Crippen molar-refractivity contribution in [3.8, 4) is 11.3 Å². The zero-order valence-corrected chi connectivity index (χ0v) is 18.2. The summed E-state index contributed by atoms with van der Waals surface area (Å²) < 4.78 is 10.9. The number of carbonyl (C=O) groups excluding carboxylic acids is 1. The Kier molecular flexibility index (Phi) is 7.80. The summed E-state index contributed by atoms with van der Waals surface area (Å²) in [6, 6.07) is 1.83. The predicted molar refractivity (Wildman–Crippen MR) is 118 cm³/mol. The number of halogens is 1. The molecule has 2 aliphatic rings. The third-order valence-corrected chi connectivity index (χ3v) is 5.98. The van der Waals surface area contributed by atoms with Gasteiger partial charge in [-0.15, -0.1) is 0 Å². The van der Waals surface area contributed by atoms with Crippen LogP contribution in [0.15, 0.2) is 24.7 Å². The van der Waals surface area contributed by atoms with Crippen molar-refractivity contribution in [2.75, 3.05) is 51.4 Å². The Morgan fingerprint density at radius 1 is 1.19 bits per heavy atom. The highest BCUT2D eigenvalue weighted by atomic mass is 35.5. The molecule has 0 saturated carbocycles. The van der Waals surface area contributed by atoms with Gasteiger partial charge in [-0.05, 0) is 24.8 Å². The molecule has 0 aliphatic carbocycles. The summed E-state index contributed by atoms with van der Waals surface area (Å²) in [5.41, 5.74) is 2.03. The van der Waals surface area contributed by atoms with E-state index in [0.717, 1.165) is 44.7 Å². The van der Waals surface area contributed by atoms with Crippen LogP contribution in [0.25, 0.3) is 11.3 Å². The van der Waals surface area contributed by atoms with E-state index in [2.05, 4.69) is 25.6 Å². The van der Waals surface area contributed by atoms with Gasteiger partial charge in [0.1, 0.15) is 11.6 Å². The number of aromatic nitrogens is 3. The van der Waals surface area contributed by atoms with Crippen LogP contribution in [-0.2, 0) is 20.7 Å². The van der Waals surface area contributed by atoms with Crippen LogP contribution in [0, 0.1) is 11.8 Å². The first-order chi connectivity index (χ1) is 15.2. The average Bonchev–Trinajstić information content (AvgIpc) is 3.10. The molecule has 2 aromatic rings. The fourth-order valence-electron chi connectivity index (χ4n) is 3.79. The van der Waals surface area contributed by atoms with Crippen LogP contribution in [0.3, 0.4) is 0 Å². The van der Waals surface area contributed by atoms with E-state index in [0.29, 0.717) is 47.9 Å². The highest BCUT2D eigenvalue weighted by molar-refractivity contribution is 6.33. The van der Waals surface area contributed by atoms with E-state index in [4.69, 9.17) is 21.1 Å². The molecule has 4 rings (SSSR count). The largest absolute Gasteiger partial charge is 0.381 e. The fourth-order valence-corrected chi connectivity index (χ4v) is 3.99. The van der Waals surface area contributed by atoms with Gasteiger partial charge in [0.05, 0.1) is 42.2 Å². The van der Waals surface area contributed by atoms with Crippen molar-refractivity contribution in [2.24, 2.45) is 11.8 Å². The van der Waals surface area contributed by atoms with Crippen LogP contribution in [0.5, 0.6) is 0 Å². The van der Waals surface area contributed by atoms with Gasteiger partial charge in [-0.1, -0.05) is 11.6 Å². The molecular formula is C22H28ClN5O3. The van der Waals surface area contributed by atoms with Crippen LogP contribution in [0.4, 0.5) is 5.82 Å². The van der Waals surface area contributed by atoms with E-state index < -0.39 is 0 Å². The second-order valence-electron chi connectivity index (χ2n) is 8.00. The molecule has 0 bridgehead atoms. The lowest BCUT2D eigenvalue weighted by atomic mass is 10.00. The number of nitrogens with zero attached hydrogens (tertiary/aromatic N) is 3. The SMILES string of the molecule is O=C(Cc1cc(-c2cncc(NCC3CCOCC3)n2)c(Cl)cn1)[C@H]1CNCCOC1. The standard InChI is InChI=1S/C22H28ClN5O3/c23-19-11-26-17(8-21(29)16-10-24-3-6-31-14-16)7-18(19)20-12-25-13-22(28-20)27-9-15-1-4-30-5-2-15/h7,11-13,15-16,24H,1-6,8-10,14H2,(H,27,28)/t16-/m0/s1. The van der Waals surface area contributed by atoms with Gasteiger partial charge in [-0.3, -0.25) is 14.8 Å². The zero-order chi connectivity index (χ0) is 21.5. The molecule has 1 atom stereocenters. The number of anilines is 1. The van der Waals surface area contributed by atoms with Crippen LogP contribution < -0.4 is 10.6 Å². The molecule has 0 spiro atoms. The predicted octanol–water partition coefficient (Wildman–Crippen LogP) is 2.38. The quantitative estimate of drug-likeness (QED) is 0.670. The molecule has 2 fully saturated rings. The van der Waals surface area contributed by atoms with Gasteiger partial charge in [-0.2, -0.15) is 0 Å². The summed E-state index contributed by atoms with van der Waals surface area (Å²) in [7, 11) is 0. The van der Waals surface area contributed by atoms with Gasteiger partial charge in [0.2, 0.25) is 0 Å². The Balaban J connectivity index is 1.44. The summed E-state index contributed by atoms with van der Waals surface area (Å²) in [4.78, 5) is 26.1. The molecule has 8 nitrogen and oxygen atoms in total. The molecule has 0 aromatic carbocycles. The number of nitrogens with one attached hydrogen (secondary N) is 2. The number of carbonyl (C=O) groups is 1. The molecule has 0 unspecified atom stereocenters. The number of Topliss-reactive ketones (excluding diaryl/α,β-unsaturated/α-hetero) is 1. The lowest BCUT2D eigenvalue weighted by Crippen LogP contribution is -2.30. The van der Waals surface area contributed by atoms with Crippen molar-refractivity contribution in [3.05, 3.63) is 35.4 Å². The average molecular weight is 446 g/mol. The lowest BCUT2D eigenvalue weighted by Gasteiger charge is -2.22. The number of rotatable bonds is 7. The highest BCUT2D eigenvalue weighted by Crippen LogP contribution is 2.27. The Labute approximate surface area is 187 Å². The van der Waals surface area contributed by atoms with E-state index in [1.54, 1.807) is 18.6 Å². The van der Waals surface area contributed by atoms with Gasteiger partial charge in [0.25, 0.3) is 0 Å². The van der Waals surface area contributed by atoms with Crippen LogP contribution in [0.2, 0.25) is 5.02 Å². The van der Waals surface area contributed by atoms with E-state index in [1.165, 1.54) is 0 Å². The van der Waals surface area contributed by atoms with Crippen LogP contribution in [0.1, 0.15) is 18.5 Å². The molecule has 31 heavy (non-hydrogen) atoms. The van der Waals surface area contributed by atoms with Crippen molar-refractivity contribution in [1.29, 1.82) is 0 Å². The van der Waals surface area contributed by atoms with E-state index in [9.17, 15) is 4.79 Å². The van der Waals surface area contributed by atoms with Gasteiger partial charge < -0.3 is 20.1 Å². The molecule has 2 aromatic heterocycles. The molecule has 2 N–H and O–H groups in total. The minimum absolute atomic E-state index is 0.105. The van der Waals surface area contributed by atoms with Crippen molar-refractivity contribution < 1.29 is 14.3 Å². The molecule has 2 saturated heterocycles. The summed E-state index contributed by atoms with van der Waals surface area (Å²) in [5.74, 6) is 1.22. The van der Waals surface area contributed by atoms with Crippen LogP contribution in [-0.4, -0.2) is 66.8 Å². The number of hydrogen-bond acceptors (Lipinski definition) is 8. The topological polar surface area (TPSA) is 98.3 Å². The highest BCUT2D eigenvalue weighted by Gasteiger charge is 2.22. The summed E-state index contributed by atoms with van der Waals surface area (Å²) >= 11 is 6.41. The zero-order valence-electron chi connectivity index (χ0n) is 17.5. The first-order valence-electron chi connectivity index (χ1n) is 10.8. The third kappa shape index (κ3) is 6.20. The molecule has 9 heteroatoms. The lowest BCUT2D eigenvalue weighted by molar-refractivity contribution is -0.123. The van der Waals surface area contributed by atoms with Gasteiger partial charge >= 0.3 is 0 Å². The Bertz CT molecular complexity index is 883.